The van der Waals surface area contributed by atoms with E-state index in [1.165, 1.54) is 10.4 Å². The largest absolute Gasteiger partial charge is 0.339 e. The Bertz CT molecular complexity index is 1030. The first-order chi connectivity index (χ1) is 13.5. The molecule has 1 fully saturated rings. The van der Waals surface area contributed by atoms with Crippen molar-refractivity contribution in [3.63, 3.8) is 0 Å². The molecule has 148 valence electrons. The molecular formula is C21H26N4O2S. The van der Waals surface area contributed by atoms with Crippen LogP contribution in [0.25, 0.3) is 11.0 Å². The van der Waals surface area contributed by atoms with Crippen LogP contribution >= 0.6 is 11.3 Å². The molecule has 1 aliphatic rings. The fourth-order valence-corrected chi connectivity index (χ4v) is 4.91. The SMILES string of the molecule is Cc1ccsc1CN(C)C(=O)CN1CCC(n2c(=O)[nH]c3ccccc32)CC1. The first-order valence-electron chi connectivity index (χ1n) is 9.71. The maximum Gasteiger partial charge on any atom is 0.326 e. The molecule has 2 aromatic heterocycles. The number of para-hydroxylation sites is 2. The Morgan fingerprint density at radius 1 is 1.25 bits per heavy atom. The number of rotatable bonds is 5. The molecule has 3 aromatic rings. The van der Waals surface area contributed by atoms with Gasteiger partial charge in [0.25, 0.3) is 0 Å². The molecule has 1 N–H and O–H groups in total. The number of thiophene rings is 1. The number of likely N-dealkylation sites (N-methyl/N-ethyl adjacent to an activating group) is 1. The molecule has 1 aliphatic heterocycles. The Kier molecular flexibility index (Phi) is 5.37. The number of hydrogen-bond donors (Lipinski definition) is 1. The van der Waals surface area contributed by atoms with Gasteiger partial charge in [-0.25, -0.2) is 4.79 Å². The number of likely N-dealkylation sites (tertiary alicyclic amines) is 1. The number of aromatic amines is 1. The number of imidazole rings is 1. The van der Waals surface area contributed by atoms with E-state index in [0.717, 1.165) is 37.0 Å². The molecule has 4 rings (SSSR count). The van der Waals surface area contributed by atoms with E-state index in [1.807, 2.05) is 40.8 Å². The average molecular weight is 399 g/mol. The van der Waals surface area contributed by atoms with Gasteiger partial charge in [-0.15, -0.1) is 11.3 Å². The molecule has 0 spiro atoms. The summed E-state index contributed by atoms with van der Waals surface area (Å²) in [5.41, 5.74) is 3.06. The zero-order chi connectivity index (χ0) is 19.7. The van der Waals surface area contributed by atoms with Crippen LogP contribution in [0.4, 0.5) is 0 Å². The third-order valence-electron chi connectivity index (χ3n) is 5.68. The quantitative estimate of drug-likeness (QED) is 0.719. The first-order valence-corrected chi connectivity index (χ1v) is 10.6. The fourth-order valence-electron chi connectivity index (χ4n) is 3.95. The van der Waals surface area contributed by atoms with Crippen LogP contribution in [0.3, 0.4) is 0 Å². The minimum atomic E-state index is -0.0400. The van der Waals surface area contributed by atoms with Crippen molar-refractivity contribution in [1.29, 1.82) is 0 Å². The number of benzene rings is 1. The van der Waals surface area contributed by atoms with Crippen LogP contribution in [0.1, 0.15) is 29.3 Å². The zero-order valence-electron chi connectivity index (χ0n) is 16.4. The summed E-state index contributed by atoms with van der Waals surface area (Å²) < 4.78 is 1.89. The van der Waals surface area contributed by atoms with Crippen molar-refractivity contribution in [2.45, 2.75) is 32.4 Å². The molecule has 0 unspecified atom stereocenters. The second-order valence-corrected chi connectivity index (χ2v) is 8.60. The number of fused-ring (bicyclic) bond motifs is 1. The molecule has 3 heterocycles. The van der Waals surface area contributed by atoms with Gasteiger partial charge < -0.3 is 9.88 Å². The summed E-state index contributed by atoms with van der Waals surface area (Å²) in [7, 11) is 1.87. The lowest BCUT2D eigenvalue weighted by Crippen LogP contribution is -2.43. The molecule has 0 bridgehead atoms. The molecular weight excluding hydrogens is 372 g/mol. The van der Waals surface area contributed by atoms with Gasteiger partial charge in [-0.05, 0) is 48.9 Å². The number of aryl methyl sites for hydroxylation is 1. The van der Waals surface area contributed by atoms with Gasteiger partial charge in [-0.1, -0.05) is 12.1 Å². The van der Waals surface area contributed by atoms with Crippen LogP contribution in [-0.2, 0) is 11.3 Å². The maximum absolute atomic E-state index is 12.6. The lowest BCUT2D eigenvalue weighted by Gasteiger charge is -2.33. The van der Waals surface area contributed by atoms with E-state index in [0.29, 0.717) is 13.1 Å². The van der Waals surface area contributed by atoms with Crippen LogP contribution in [0.2, 0.25) is 0 Å². The van der Waals surface area contributed by atoms with Gasteiger partial charge in [0.05, 0.1) is 24.1 Å². The van der Waals surface area contributed by atoms with E-state index in [-0.39, 0.29) is 17.6 Å². The van der Waals surface area contributed by atoms with E-state index < -0.39 is 0 Å². The number of carbonyl (C=O) groups is 1. The third-order valence-corrected chi connectivity index (χ3v) is 6.69. The van der Waals surface area contributed by atoms with Gasteiger partial charge in [0.1, 0.15) is 0 Å². The molecule has 0 atom stereocenters. The number of nitrogens with one attached hydrogen (secondary N) is 1. The summed E-state index contributed by atoms with van der Waals surface area (Å²) in [5, 5.41) is 2.07. The Morgan fingerprint density at radius 3 is 2.71 bits per heavy atom. The molecule has 0 saturated carbocycles. The Morgan fingerprint density at radius 2 is 2.00 bits per heavy atom. The highest BCUT2D eigenvalue weighted by atomic mass is 32.1. The topological polar surface area (TPSA) is 61.3 Å². The summed E-state index contributed by atoms with van der Waals surface area (Å²) in [6.45, 7) is 4.85. The van der Waals surface area contributed by atoms with Gasteiger partial charge in [0.2, 0.25) is 5.91 Å². The normalized spacial score (nSPS) is 15.9. The van der Waals surface area contributed by atoms with Crippen molar-refractivity contribution < 1.29 is 4.79 Å². The highest BCUT2D eigenvalue weighted by Gasteiger charge is 2.25. The van der Waals surface area contributed by atoms with Crippen LogP contribution < -0.4 is 5.69 Å². The van der Waals surface area contributed by atoms with Crippen molar-refractivity contribution in [2.75, 3.05) is 26.7 Å². The Hall–Kier alpha value is -2.38. The summed E-state index contributed by atoms with van der Waals surface area (Å²) in [4.78, 5) is 33.2. The van der Waals surface area contributed by atoms with E-state index in [1.54, 1.807) is 11.3 Å². The number of piperidine rings is 1. The van der Waals surface area contributed by atoms with Crippen molar-refractivity contribution in [3.8, 4) is 0 Å². The van der Waals surface area contributed by atoms with Gasteiger partial charge in [0.15, 0.2) is 0 Å². The van der Waals surface area contributed by atoms with E-state index in [2.05, 4.69) is 28.3 Å². The number of amides is 1. The average Bonchev–Trinajstić information content (AvgIpc) is 3.24. The molecule has 1 amide bonds. The molecule has 0 aliphatic carbocycles. The summed E-state index contributed by atoms with van der Waals surface area (Å²) in [6, 6.07) is 10.1. The minimum absolute atomic E-state index is 0.0400. The van der Waals surface area contributed by atoms with Crippen molar-refractivity contribution in [1.82, 2.24) is 19.4 Å². The van der Waals surface area contributed by atoms with E-state index in [9.17, 15) is 9.59 Å². The number of aromatic nitrogens is 2. The Balaban J connectivity index is 1.35. The van der Waals surface area contributed by atoms with Gasteiger partial charge >= 0.3 is 5.69 Å². The maximum atomic E-state index is 12.6. The predicted molar refractivity (Wildman–Crippen MR) is 113 cm³/mol. The molecule has 6 nitrogen and oxygen atoms in total. The van der Waals surface area contributed by atoms with Gasteiger partial charge in [-0.2, -0.15) is 0 Å². The monoisotopic (exact) mass is 398 g/mol. The second kappa shape index (κ2) is 7.93. The molecule has 0 radical (unpaired) electrons. The second-order valence-electron chi connectivity index (χ2n) is 7.60. The smallest absolute Gasteiger partial charge is 0.326 e. The molecule has 28 heavy (non-hydrogen) atoms. The summed E-state index contributed by atoms with van der Waals surface area (Å²) in [5.74, 6) is 0.149. The van der Waals surface area contributed by atoms with Crippen LogP contribution in [-0.4, -0.2) is 51.9 Å². The lowest BCUT2D eigenvalue weighted by molar-refractivity contribution is -0.131. The van der Waals surface area contributed by atoms with Crippen molar-refractivity contribution >= 4 is 28.3 Å². The lowest BCUT2D eigenvalue weighted by atomic mass is 10.0. The molecule has 7 heteroatoms. The first kappa shape index (κ1) is 19.0. The summed E-state index contributed by atoms with van der Waals surface area (Å²) >= 11 is 1.70. The van der Waals surface area contributed by atoms with Crippen LogP contribution in [0, 0.1) is 6.92 Å². The van der Waals surface area contributed by atoms with Crippen molar-refractivity contribution in [3.05, 3.63) is 56.6 Å². The third kappa shape index (κ3) is 3.77. The molecule has 1 aromatic carbocycles. The number of hydrogen-bond acceptors (Lipinski definition) is 4. The predicted octanol–water partition coefficient (Wildman–Crippen LogP) is 3.00. The van der Waals surface area contributed by atoms with E-state index >= 15 is 0 Å². The highest BCUT2D eigenvalue weighted by Crippen LogP contribution is 2.25. The minimum Gasteiger partial charge on any atom is -0.339 e. The highest BCUT2D eigenvalue weighted by molar-refractivity contribution is 7.10. The molecule has 1 saturated heterocycles. The number of H-pyrrole nitrogens is 1. The summed E-state index contributed by atoms with van der Waals surface area (Å²) in [6.07, 6.45) is 1.76. The Labute approximate surface area is 168 Å². The zero-order valence-corrected chi connectivity index (χ0v) is 17.2. The fraction of sp³-hybridized carbons (Fsp3) is 0.429. The number of nitrogens with zero attached hydrogens (tertiary/aromatic N) is 3. The van der Waals surface area contributed by atoms with Crippen molar-refractivity contribution in [2.24, 2.45) is 0 Å². The van der Waals surface area contributed by atoms with Gasteiger partial charge in [0, 0.05) is 31.1 Å². The number of carbonyl (C=O) groups excluding carboxylic acids is 1. The van der Waals surface area contributed by atoms with Crippen LogP contribution in [0.5, 0.6) is 0 Å². The van der Waals surface area contributed by atoms with Gasteiger partial charge in [-0.3, -0.25) is 14.3 Å². The standard InChI is InChI=1S/C21H26N4O2S/c1-15-9-12-28-19(15)13-23(2)20(26)14-24-10-7-16(8-11-24)25-18-6-4-3-5-17(18)22-21(25)27/h3-6,9,12,16H,7-8,10-11,13-14H2,1-2H3,(H,22,27). The van der Waals surface area contributed by atoms with E-state index in [4.69, 9.17) is 0 Å². The van der Waals surface area contributed by atoms with Crippen LogP contribution in [0.15, 0.2) is 40.5 Å².